The molecule has 3 atom stereocenters. The molecule has 0 bridgehead atoms. The van der Waals surface area contributed by atoms with Crippen LogP contribution in [0.5, 0.6) is 0 Å². The number of benzene rings is 2. The van der Waals surface area contributed by atoms with Crippen LogP contribution in [0.15, 0.2) is 60.2 Å². The van der Waals surface area contributed by atoms with Crippen molar-refractivity contribution in [2.75, 3.05) is 14.1 Å². The second-order valence-corrected chi connectivity index (χ2v) is 7.68. The largest absolute Gasteiger partial charge is 0.379 e. The summed E-state index contributed by atoms with van der Waals surface area (Å²) in [5.74, 6) is 0.306. The molecule has 0 saturated heterocycles. The average molecular weight is 356 g/mol. The maximum atomic E-state index is 12.0. The molecule has 25 heavy (non-hydrogen) atoms. The van der Waals surface area contributed by atoms with E-state index in [9.17, 15) is 5.11 Å². The fourth-order valence-corrected chi connectivity index (χ4v) is 4.23. The average Bonchev–Trinajstić information content (AvgIpc) is 2.59. The first-order valence-electron chi connectivity index (χ1n) is 8.85. The molecule has 1 fully saturated rings. The minimum Gasteiger partial charge on any atom is -0.379 e. The van der Waals surface area contributed by atoms with Gasteiger partial charge in [0.25, 0.3) is 0 Å². The summed E-state index contributed by atoms with van der Waals surface area (Å²) in [4.78, 5) is 2.13. The highest BCUT2D eigenvalue weighted by Crippen LogP contribution is 2.47. The van der Waals surface area contributed by atoms with Gasteiger partial charge in [-0.05, 0) is 61.7 Å². The van der Waals surface area contributed by atoms with Crippen molar-refractivity contribution >= 4 is 17.7 Å². The predicted octanol–water partition coefficient (Wildman–Crippen LogP) is 4.97. The minimum absolute atomic E-state index is 0.0112. The van der Waals surface area contributed by atoms with Gasteiger partial charge in [-0.15, -0.1) is 0 Å². The maximum Gasteiger partial charge on any atom is 0.127 e. The summed E-state index contributed by atoms with van der Waals surface area (Å²) >= 11 is 6.25. The van der Waals surface area contributed by atoms with Gasteiger partial charge in [0.1, 0.15) is 5.60 Å². The Labute approximate surface area is 155 Å². The van der Waals surface area contributed by atoms with Crippen LogP contribution in [0.4, 0.5) is 0 Å². The lowest BCUT2D eigenvalue weighted by Gasteiger charge is -2.48. The first-order chi connectivity index (χ1) is 11.9. The maximum absolute atomic E-state index is 12.0. The smallest absolute Gasteiger partial charge is 0.127 e. The lowest BCUT2D eigenvalue weighted by Crippen LogP contribution is -2.53. The number of hydrogen-bond acceptors (Lipinski definition) is 2. The molecule has 0 aromatic heterocycles. The zero-order valence-corrected chi connectivity index (χ0v) is 15.9. The Balaban J connectivity index is 2.19. The van der Waals surface area contributed by atoms with Gasteiger partial charge in [-0.25, -0.2) is 0 Å². The highest BCUT2D eigenvalue weighted by molar-refractivity contribution is 6.30. The Hall–Kier alpha value is -1.61. The van der Waals surface area contributed by atoms with Crippen molar-refractivity contribution in [2.24, 2.45) is 5.92 Å². The molecule has 0 spiro atoms. The van der Waals surface area contributed by atoms with E-state index in [2.05, 4.69) is 30.0 Å². The molecule has 1 aliphatic carbocycles. The van der Waals surface area contributed by atoms with Crippen LogP contribution >= 0.6 is 11.6 Å². The van der Waals surface area contributed by atoms with E-state index in [0.717, 1.165) is 29.5 Å². The monoisotopic (exact) mass is 355 g/mol. The van der Waals surface area contributed by atoms with Crippen LogP contribution in [0.25, 0.3) is 6.08 Å². The summed E-state index contributed by atoms with van der Waals surface area (Å²) in [7, 11) is 4.08. The van der Waals surface area contributed by atoms with Crippen LogP contribution in [0.3, 0.4) is 0 Å². The van der Waals surface area contributed by atoms with Crippen LogP contribution in [0, 0.1) is 5.92 Å². The summed E-state index contributed by atoms with van der Waals surface area (Å²) in [6.45, 7) is 2.20. The van der Waals surface area contributed by atoms with Crippen molar-refractivity contribution < 1.29 is 5.11 Å². The third-order valence-electron chi connectivity index (χ3n) is 5.34. The molecule has 2 aromatic carbocycles. The van der Waals surface area contributed by atoms with Gasteiger partial charge in [0.05, 0.1) is 0 Å². The van der Waals surface area contributed by atoms with Gasteiger partial charge in [0, 0.05) is 11.1 Å². The van der Waals surface area contributed by atoms with E-state index in [-0.39, 0.29) is 6.04 Å². The van der Waals surface area contributed by atoms with Crippen molar-refractivity contribution in [2.45, 2.75) is 31.4 Å². The van der Waals surface area contributed by atoms with Crippen molar-refractivity contribution in [1.82, 2.24) is 4.90 Å². The molecule has 0 heterocycles. The second kappa shape index (κ2) is 7.33. The number of aliphatic hydroxyl groups is 1. The van der Waals surface area contributed by atoms with Crippen molar-refractivity contribution in [3.63, 3.8) is 0 Å². The molecule has 2 aromatic rings. The fraction of sp³-hybridized carbons (Fsp3) is 0.364. The SMILES string of the molecule is CC1CCC(N(C)C)C(O)(c2cccc(Cl)c2)C1=Cc1ccccc1. The second-order valence-electron chi connectivity index (χ2n) is 7.24. The molecule has 3 rings (SSSR count). The molecule has 0 amide bonds. The Morgan fingerprint density at radius 3 is 2.44 bits per heavy atom. The Kier molecular flexibility index (Phi) is 5.33. The van der Waals surface area contributed by atoms with Crippen molar-refractivity contribution in [3.8, 4) is 0 Å². The highest BCUT2D eigenvalue weighted by Gasteiger charge is 2.47. The zero-order valence-electron chi connectivity index (χ0n) is 15.1. The van der Waals surface area contributed by atoms with Crippen LogP contribution in [-0.4, -0.2) is 30.1 Å². The minimum atomic E-state index is -1.05. The molecule has 132 valence electrons. The summed E-state index contributed by atoms with van der Waals surface area (Å²) < 4.78 is 0. The number of likely N-dealkylation sites (N-methyl/N-ethyl adjacent to an activating group) is 1. The number of rotatable bonds is 3. The molecule has 3 heteroatoms. The molecule has 2 nitrogen and oxygen atoms in total. The van der Waals surface area contributed by atoms with Crippen molar-refractivity contribution in [3.05, 3.63) is 76.3 Å². The molecule has 3 unspecified atom stereocenters. The summed E-state index contributed by atoms with van der Waals surface area (Å²) in [6.07, 6.45) is 4.16. The van der Waals surface area contributed by atoms with Gasteiger partial charge in [0.15, 0.2) is 0 Å². The molecule has 1 N–H and O–H groups in total. The quantitative estimate of drug-likeness (QED) is 0.840. The van der Waals surface area contributed by atoms with Gasteiger partial charge in [0.2, 0.25) is 0 Å². The van der Waals surface area contributed by atoms with Crippen molar-refractivity contribution in [1.29, 1.82) is 0 Å². The van der Waals surface area contributed by atoms with E-state index >= 15 is 0 Å². The van der Waals surface area contributed by atoms with E-state index in [1.54, 1.807) is 0 Å². The van der Waals surface area contributed by atoms with E-state index in [0.29, 0.717) is 10.9 Å². The molecule has 0 radical (unpaired) electrons. The normalized spacial score (nSPS) is 28.5. The van der Waals surface area contributed by atoms with E-state index in [4.69, 9.17) is 11.6 Å². The fourth-order valence-electron chi connectivity index (χ4n) is 4.04. The predicted molar refractivity (Wildman–Crippen MR) is 106 cm³/mol. The van der Waals surface area contributed by atoms with Gasteiger partial charge >= 0.3 is 0 Å². The van der Waals surface area contributed by atoms with Gasteiger partial charge in [-0.3, -0.25) is 0 Å². The summed E-state index contributed by atoms with van der Waals surface area (Å²) in [5.41, 5.74) is 1.99. The van der Waals surface area contributed by atoms with Gasteiger partial charge in [-0.2, -0.15) is 0 Å². The van der Waals surface area contributed by atoms with Crippen LogP contribution in [0.1, 0.15) is 30.9 Å². The zero-order chi connectivity index (χ0) is 18.0. The third-order valence-corrected chi connectivity index (χ3v) is 5.57. The topological polar surface area (TPSA) is 23.5 Å². The Bertz CT molecular complexity index is 756. The van der Waals surface area contributed by atoms with Gasteiger partial charge < -0.3 is 10.0 Å². The van der Waals surface area contributed by atoms with E-state index in [1.807, 2.05) is 56.6 Å². The van der Waals surface area contributed by atoms with E-state index < -0.39 is 5.60 Å². The van der Waals surface area contributed by atoms with Gasteiger partial charge in [-0.1, -0.05) is 67.1 Å². The lowest BCUT2D eigenvalue weighted by molar-refractivity contribution is -0.0336. The highest BCUT2D eigenvalue weighted by atomic mass is 35.5. The molecule has 1 saturated carbocycles. The molecule has 0 aliphatic heterocycles. The number of halogens is 1. The number of hydrogen-bond donors (Lipinski definition) is 1. The Morgan fingerprint density at radius 1 is 1.08 bits per heavy atom. The standard InChI is InChI=1S/C22H26ClNO/c1-16-12-13-21(24(2)3)22(25,18-10-7-11-19(23)15-18)20(16)14-17-8-5-4-6-9-17/h4-11,14-16,21,25H,12-13H2,1-3H3. The third kappa shape index (κ3) is 3.52. The molecular formula is C22H26ClNO. The van der Waals surface area contributed by atoms with Crippen LogP contribution in [0.2, 0.25) is 5.02 Å². The summed E-state index contributed by atoms with van der Waals surface area (Å²) in [6, 6.07) is 17.9. The van der Waals surface area contributed by atoms with E-state index in [1.165, 1.54) is 0 Å². The van der Waals surface area contributed by atoms with Crippen LogP contribution < -0.4 is 0 Å². The lowest BCUT2D eigenvalue weighted by atomic mass is 9.67. The molecule has 1 aliphatic rings. The Morgan fingerprint density at radius 2 is 1.80 bits per heavy atom. The van der Waals surface area contributed by atoms with Crippen LogP contribution in [-0.2, 0) is 5.60 Å². The first kappa shape index (κ1) is 18.2. The first-order valence-corrected chi connectivity index (χ1v) is 9.22. The molecular weight excluding hydrogens is 330 g/mol. The summed E-state index contributed by atoms with van der Waals surface area (Å²) in [5, 5.41) is 12.7. The number of nitrogens with zero attached hydrogens (tertiary/aromatic N) is 1.